The Morgan fingerprint density at radius 2 is 1.81 bits per heavy atom. The second-order valence-corrected chi connectivity index (χ2v) is 5.11. The van der Waals surface area contributed by atoms with Crippen LogP contribution in [0.1, 0.15) is 33.6 Å². The van der Waals surface area contributed by atoms with Crippen LogP contribution < -0.4 is 10.1 Å². The van der Waals surface area contributed by atoms with Crippen LogP contribution in [-0.2, 0) is 0 Å². The first-order valence-electron chi connectivity index (χ1n) is 6.16. The van der Waals surface area contributed by atoms with Gasteiger partial charge >= 0.3 is 0 Å². The molecule has 1 aliphatic rings. The minimum Gasteiger partial charge on any atom is -0.491 e. The molecular formula is C14H21NO. The number of rotatable bonds is 4. The third-order valence-corrected chi connectivity index (χ3v) is 2.97. The van der Waals surface area contributed by atoms with E-state index in [0.717, 1.165) is 11.7 Å². The van der Waals surface area contributed by atoms with Crippen LogP contribution in [0.15, 0.2) is 24.3 Å². The first kappa shape index (κ1) is 11.3. The lowest BCUT2D eigenvalue weighted by atomic mass is 9.82. The van der Waals surface area contributed by atoms with Crippen LogP contribution in [0.3, 0.4) is 0 Å². The van der Waals surface area contributed by atoms with Crippen LogP contribution in [0, 0.1) is 5.92 Å². The minimum atomic E-state index is 0.242. The van der Waals surface area contributed by atoms with Gasteiger partial charge in [-0.15, -0.1) is 0 Å². The van der Waals surface area contributed by atoms with E-state index >= 15 is 0 Å². The summed E-state index contributed by atoms with van der Waals surface area (Å²) in [5.74, 6) is 1.84. The fourth-order valence-corrected chi connectivity index (χ4v) is 2.16. The van der Waals surface area contributed by atoms with Crippen LogP contribution in [0.5, 0.6) is 5.75 Å². The number of ether oxygens (including phenoxy) is 1. The summed E-state index contributed by atoms with van der Waals surface area (Å²) in [5.41, 5.74) is 1.20. The lowest BCUT2D eigenvalue weighted by Crippen LogP contribution is -2.33. The van der Waals surface area contributed by atoms with Gasteiger partial charge in [-0.1, -0.05) is 6.92 Å². The van der Waals surface area contributed by atoms with E-state index in [1.54, 1.807) is 0 Å². The smallest absolute Gasteiger partial charge is 0.119 e. The van der Waals surface area contributed by atoms with Gasteiger partial charge in [0.15, 0.2) is 0 Å². The van der Waals surface area contributed by atoms with E-state index in [0.29, 0.717) is 6.04 Å². The summed E-state index contributed by atoms with van der Waals surface area (Å²) in [5, 5.41) is 3.53. The van der Waals surface area contributed by atoms with Gasteiger partial charge in [0, 0.05) is 11.7 Å². The molecule has 0 saturated heterocycles. The molecule has 1 aromatic carbocycles. The molecule has 0 bridgehead atoms. The Morgan fingerprint density at radius 1 is 1.19 bits per heavy atom. The molecule has 0 heterocycles. The van der Waals surface area contributed by atoms with Crippen LogP contribution in [0.2, 0.25) is 0 Å². The fourth-order valence-electron chi connectivity index (χ4n) is 2.16. The average Bonchev–Trinajstić information content (AvgIpc) is 2.18. The zero-order valence-electron chi connectivity index (χ0n) is 10.4. The van der Waals surface area contributed by atoms with Crippen molar-refractivity contribution in [1.29, 1.82) is 0 Å². The largest absolute Gasteiger partial charge is 0.491 e. The molecule has 88 valence electrons. The first-order valence-corrected chi connectivity index (χ1v) is 6.16. The topological polar surface area (TPSA) is 21.3 Å². The monoisotopic (exact) mass is 219 g/mol. The van der Waals surface area contributed by atoms with Gasteiger partial charge in [0.25, 0.3) is 0 Å². The van der Waals surface area contributed by atoms with Gasteiger partial charge in [-0.3, -0.25) is 0 Å². The summed E-state index contributed by atoms with van der Waals surface area (Å²) in [6.07, 6.45) is 2.83. The highest BCUT2D eigenvalue weighted by atomic mass is 16.5. The normalized spacial score (nSPS) is 24.0. The van der Waals surface area contributed by atoms with E-state index in [4.69, 9.17) is 4.74 Å². The van der Waals surface area contributed by atoms with Crippen molar-refractivity contribution >= 4 is 5.69 Å². The summed E-state index contributed by atoms with van der Waals surface area (Å²) >= 11 is 0. The van der Waals surface area contributed by atoms with E-state index in [1.165, 1.54) is 18.5 Å². The van der Waals surface area contributed by atoms with Gasteiger partial charge in [0.2, 0.25) is 0 Å². The van der Waals surface area contributed by atoms with Gasteiger partial charge in [-0.05, 0) is 56.9 Å². The maximum atomic E-state index is 5.60. The Bertz CT molecular complexity index is 325. The van der Waals surface area contributed by atoms with Crippen LogP contribution in [0.4, 0.5) is 5.69 Å². The van der Waals surface area contributed by atoms with Crippen molar-refractivity contribution in [2.24, 2.45) is 5.92 Å². The quantitative estimate of drug-likeness (QED) is 0.834. The van der Waals surface area contributed by atoms with Crippen LogP contribution in [-0.4, -0.2) is 12.1 Å². The molecule has 16 heavy (non-hydrogen) atoms. The lowest BCUT2D eigenvalue weighted by Gasteiger charge is -2.34. The van der Waals surface area contributed by atoms with Gasteiger partial charge in [0.1, 0.15) is 5.75 Å². The number of anilines is 1. The predicted octanol–water partition coefficient (Wildman–Crippen LogP) is 3.68. The van der Waals surface area contributed by atoms with Gasteiger partial charge < -0.3 is 10.1 Å². The highest BCUT2D eigenvalue weighted by molar-refractivity contribution is 5.47. The average molecular weight is 219 g/mol. The van der Waals surface area contributed by atoms with Crippen molar-refractivity contribution < 1.29 is 4.74 Å². The molecule has 1 aliphatic carbocycles. The standard InChI is InChI=1S/C14H21NO/c1-10(2)16-14-6-4-12(5-7-14)15-13-8-11(3)9-13/h4-7,10-11,13,15H,8-9H2,1-3H3. The van der Waals surface area contributed by atoms with Crippen molar-refractivity contribution in [3.05, 3.63) is 24.3 Å². The van der Waals surface area contributed by atoms with Gasteiger partial charge in [-0.25, -0.2) is 0 Å². The highest BCUT2D eigenvalue weighted by Gasteiger charge is 2.24. The molecule has 2 rings (SSSR count). The summed E-state index contributed by atoms with van der Waals surface area (Å²) < 4.78 is 5.60. The zero-order chi connectivity index (χ0) is 11.5. The third-order valence-electron chi connectivity index (χ3n) is 2.97. The summed E-state index contributed by atoms with van der Waals surface area (Å²) in [6.45, 7) is 6.39. The second-order valence-electron chi connectivity index (χ2n) is 5.11. The van der Waals surface area contributed by atoms with Crippen LogP contribution in [0.25, 0.3) is 0 Å². The lowest BCUT2D eigenvalue weighted by molar-refractivity contribution is 0.242. The molecule has 1 N–H and O–H groups in total. The van der Waals surface area contributed by atoms with E-state index in [9.17, 15) is 0 Å². The molecule has 0 atom stereocenters. The fraction of sp³-hybridized carbons (Fsp3) is 0.571. The molecule has 0 aromatic heterocycles. The van der Waals surface area contributed by atoms with Crippen molar-refractivity contribution in [2.75, 3.05) is 5.32 Å². The Kier molecular flexibility index (Phi) is 3.37. The molecule has 1 saturated carbocycles. The van der Waals surface area contributed by atoms with E-state index < -0.39 is 0 Å². The van der Waals surface area contributed by atoms with Crippen molar-refractivity contribution in [1.82, 2.24) is 0 Å². The Labute approximate surface area is 98.0 Å². The maximum Gasteiger partial charge on any atom is 0.119 e. The molecule has 0 aliphatic heterocycles. The predicted molar refractivity (Wildman–Crippen MR) is 68.0 cm³/mol. The van der Waals surface area contributed by atoms with Crippen molar-refractivity contribution in [2.45, 2.75) is 45.8 Å². The van der Waals surface area contributed by atoms with Crippen molar-refractivity contribution in [3.63, 3.8) is 0 Å². The maximum absolute atomic E-state index is 5.60. The number of nitrogens with one attached hydrogen (secondary N) is 1. The molecule has 2 nitrogen and oxygen atoms in total. The molecule has 0 amide bonds. The number of hydrogen-bond donors (Lipinski definition) is 1. The Hall–Kier alpha value is -1.18. The Morgan fingerprint density at radius 3 is 2.31 bits per heavy atom. The van der Waals surface area contributed by atoms with Crippen LogP contribution >= 0.6 is 0 Å². The van der Waals surface area contributed by atoms with Crippen molar-refractivity contribution in [3.8, 4) is 5.75 Å². The molecular weight excluding hydrogens is 198 g/mol. The molecule has 1 fully saturated rings. The number of benzene rings is 1. The van der Waals surface area contributed by atoms with E-state index in [1.807, 2.05) is 26.0 Å². The molecule has 0 unspecified atom stereocenters. The van der Waals surface area contributed by atoms with E-state index in [2.05, 4.69) is 24.4 Å². The summed E-state index contributed by atoms with van der Waals surface area (Å²) in [6, 6.07) is 8.93. The molecule has 1 aromatic rings. The Balaban J connectivity index is 1.87. The third kappa shape index (κ3) is 2.91. The first-order chi connectivity index (χ1) is 7.63. The highest BCUT2D eigenvalue weighted by Crippen LogP contribution is 2.29. The second kappa shape index (κ2) is 4.77. The molecule has 2 heteroatoms. The summed E-state index contributed by atoms with van der Waals surface area (Å²) in [4.78, 5) is 0. The van der Waals surface area contributed by atoms with E-state index in [-0.39, 0.29) is 6.10 Å². The SMILES string of the molecule is CC1CC(Nc2ccc(OC(C)C)cc2)C1. The van der Waals surface area contributed by atoms with Gasteiger partial charge in [0.05, 0.1) is 6.10 Å². The summed E-state index contributed by atoms with van der Waals surface area (Å²) in [7, 11) is 0. The molecule has 0 spiro atoms. The minimum absolute atomic E-state index is 0.242. The molecule has 0 radical (unpaired) electrons. The number of hydrogen-bond acceptors (Lipinski definition) is 2. The zero-order valence-corrected chi connectivity index (χ0v) is 10.4. The van der Waals surface area contributed by atoms with Gasteiger partial charge in [-0.2, -0.15) is 0 Å².